The van der Waals surface area contributed by atoms with E-state index in [0.717, 1.165) is 12.1 Å². The molecule has 0 aliphatic rings. The number of rotatable bonds is 7. The molecule has 0 radical (unpaired) electrons. The van der Waals surface area contributed by atoms with E-state index in [2.05, 4.69) is 29.1 Å². The first-order chi connectivity index (χ1) is 11.0. The third-order valence-electron chi connectivity index (χ3n) is 3.81. The van der Waals surface area contributed by atoms with Crippen molar-refractivity contribution in [2.24, 2.45) is 11.7 Å². The number of hydrogen-bond acceptors (Lipinski definition) is 5. The van der Waals surface area contributed by atoms with Gasteiger partial charge in [-0.3, -0.25) is 9.78 Å². The van der Waals surface area contributed by atoms with Crippen molar-refractivity contribution < 1.29 is 4.79 Å². The fourth-order valence-electron chi connectivity index (χ4n) is 2.10. The lowest BCUT2D eigenvalue weighted by Crippen LogP contribution is -2.34. The van der Waals surface area contributed by atoms with E-state index in [4.69, 9.17) is 5.73 Å². The van der Waals surface area contributed by atoms with Gasteiger partial charge in [-0.25, -0.2) is 4.68 Å². The molecule has 0 aliphatic heterocycles. The first-order valence-electron chi connectivity index (χ1n) is 7.78. The van der Waals surface area contributed by atoms with E-state index in [1.165, 1.54) is 0 Å². The smallest absolute Gasteiger partial charge is 0.275 e. The minimum Gasteiger partial charge on any atom is -0.340 e. The molecule has 1 atom stereocenters. The molecule has 9 heteroatoms. The Balaban J connectivity index is 0.00000288. The van der Waals surface area contributed by atoms with Gasteiger partial charge in [0.15, 0.2) is 5.69 Å². The first-order valence-corrected chi connectivity index (χ1v) is 7.78. The lowest BCUT2D eigenvalue weighted by molar-refractivity contribution is 0.0783. The number of hydrogen-bond donors (Lipinski definition) is 1. The van der Waals surface area contributed by atoms with Crippen molar-refractivity contribution in [1.29, 1.82) is 0 Å². The van der Waals surface area contributed by atoms with Crippen LogP contribution in [0.3, 0.4) is 0 Å². The molecular formula is C16H26Cl2N6O. The van der Waals surface area contributed by atoms with Crippen LogP contribution >= 0.6 is 24.8 Å². The van der Waals surface area contributed by atoms with E-state index in [9.17, 15) is 4.79 Å². The standard InChI is InChI=1S/C16H24N6O.2ClH/c1-12(2)14(17)7-9-21(3)16(23)15-11-22(20-19-15)10-13-6-4-5-8-18-13;;/h4-6,8,11-12,14H,7,9-10,17H2,1-3H3;2*1H. The normalized spacial score (nSPS) is 11.4. The summed E-state index contributed by atoms with van der Waals surface area (Å²) in [4.78, 5) is 18.2. The third kappa shape index (κ3) is 6.97. The van der Waals surface area contributed by atoms with Crippen LogP contribution in [0, 0.1) is 5.92 Å². The van der Waals surface area contributed by atoms with Crippen LogP contribution in [-0.2, 0) is 6.54 Å². The Labute approximate surface area is 160 Å². The molecule has 0 spiro atoms. The zero-order valence-corrected chi connectivity index (χ0v) is 16.3. The third-order valence-corrected chi connectivity index (χ3v) is 3.81. The molecule has 2 aromatic heterocycles. The predicted molar refractivity (Wildman–Crippen MR) is 102 cm³/mol. The molecular weight excluding hydrogens is 363 g/mol. The zero-order valence-electron chi connectivity index (χ0n) is 14.7. The average Bonchev–Trinajstić information content (AvgIpc) is 3.00. The second-order valence-electron chi connectivity index (χ2n) is 6.05. The van der Waals surface area contributed by atoms with Gasteiger partial charge in [-0.2, -0.15) is 0 Å². The molecule has 0 saturated heterocycles. The van der Waals surface area contributed by atoms with Crippen molar-refractivity contribution >= 4 is 30.7 Å². The number of amides is 1. The Bertz CT molecular complexity index is 635. The summed E-state index contributed by atoms with van der Waals surface area (Å²) in [5.74, 6) is 0.256. The van der Waals surface area contributed by atoms with Crippen LogP contribution in [0.5, 0.6) is 0 Å². The molecule has 2 rings (SSSR count). The molecule has 7 nitrogen and oxygen atoms in total. The monoisotopic (exact) mass is 388 g/mol. The first kappa shape index (κ1) is 23.3. The largest absolute Gasteiger partial charge is 0.340 e. The van der Waals surface area contributed by atoms with Gasteiger partial charge in [-0.15, -0.1) is 29.9 Å². The van der Waals surface area contributed by atoms with E-state index < -0.39 is 0 Å². The number of carbonyl (C=O) groups is 1. The maximum atomic E-state index is 12.3. The number of pyridine rings is 1. The Hall–Kier alpha value is -1.70. The molecule has 0 aliphatic carbocycles. The Kier molecular flexibility index (Phi) is 10.3. The maximum absolute atomic E-state index is 12.3. The molecule has 0 saturated carbocycles. The second kappa shape index (κ2) is 11.0. The minimum atomic E-state index is -0.145. The van der Waals surface area contributed by atoms with Crippen LogP contribution in [0.2, 0.25) is 0 Å². The highest BCUT2D eigenvalue weighted by Crippen LogP contribution is 2.06. The number of halogens is 2. The molecule has 0 aromatic carbocycles. The lowest BCUT2D eigenvalue weighted by atomic mass is 10.0. The van der Waals surface area contributed by atoms with Crippen LogP contribution in [0.15, 0.2) is 30.6 Å². The van der Waals surface area contributed by atoms with Gasteiger partial charge in [0.25, 0.3) is 5.91 Å². The summed E-state index contributed by atoms with van der Waals surface area (Å²) in [6.07, 6.45) is 4.14. The van der Waals surface area contributed by atoms with Crippen molar-refractivity contribution in [2.75, 3.05) is 13.6 Å². The summed E-state index contributed by atoms with van der Waals surface area (Å²) < 4.78 is 1.61. The molecule has 2 aromatic rings. The van der Waals surface area contributed by atoms with Gasteiger partial charge < -0.3 is 10.6 Å². The minimum absolute atomic E-state index is 0. The fraction of sp³-hybridized carbons (Fsp3) is 0.500. The maximum Gasteiger partial charge on any atom is 0.275 e. The SMILES string of the molecule is CC(C)C(N)CCN(C)C(=O)c1cn(Cc2ccccn2)nn1.Cl.Cl. The summed E-state index contributed by atoms with van der Waals surface area (Å²) in [6.45, 7) is 5.25. The van der Waals surface area contributed by atoms with E-state index in [1.54, 1.807) is 29.0 Å². The van der Waals surface area contributed by atoms with Crippen molar-refractivity contribution in [3.05, 3.63) is 42.0 Å². The van der Waals surface area contributed by atoms with Crippen LogP contribution in [-0.4, -0.2) is 50.4 Å². The van der Waals surface area contributed by atoms with Gasteiger partial charge in [-0.1, -0.05) is 25.1 Å². The van der Waals surface area contributed by atoms with Gasteiger partial charge in [-0.05, 0) is 24.5 Å². The van der Waals surface area contributed by atoms with Crippen molar-refractivity contribution in [2.45, 2.75) is 32.9 Å². The van der Waals surface area contributed by atoms with Crippen molar-refractivity contribution in [3.8, 4) is 0 Å². The molecule has 0 bridgehead atoms. The Morgan fingerprint density at radius 3 is 2.64 bits per heavy atom. The topological polar surface area (TPSA) is 89.9 Å². The van der Waals surface area contributed by atoms with Crippen LogP contribution in [0.1, 0.15) is 36.5 Å². The molecule has 2 heterocycles. The number of nitrogens with two attached hydrogens (primary N) is 1. The Morgan fingerprint density at radius 2 is 2.04 bits per heavy atom. The van der Waals surface area contributed by atoms with Crippen molar-refractivity contribution in [1.82, 2.24) is 24.9 Å². The highest BCUT2D eigenvalue weighted by molar-refractivity contribution is 5.91. The predicted octanol–water partition coefficient (Wildman–Crippen LogP) is 2.01. The molecule has 0 fully saturated rings. The number of aromatic nitrogens is 4. The van der Waals surface area contributed by atoms with Gasteiger partial charge in [0, 0.05) is 25.8 Å². The van der Waals surface area contributed by atoms with E-state index in [0.29, 0.717) is 24.7 Å². The zero-order chi connectivity index (χ0) is 16.8. The summed E-state index contributed by atoms with van der Waals surface area (Å²) in [6, 6.07) is 5.76. The van der Waals surface area contributed by atoms with Gasteiger partial charge in [0.05, 0.1) is 18.4 Å². The summed E-state index contributed by atoms with van der Waals surface area (Å²) in [5.41, 5.74) is 7.22. The number of nitrogens with zero attached hydrogens (tertiary/aromatic N) is 5. The second-order valence-corrected chi connectivity index (χ2v) is 6.05. The van der Waals surface area contributed by atoms with Gasteiger partial charge in [0.2, 0.25) is 0 Å². The van der Waals surface area contributed by atoms with Gasteiger partial charge in [0.1, 0.15) is 0 Å². The molecule has 1 unspecified atom stereocenters. The summed E-state index contributed by atoms with van der Waals surface area (Å²) >= 11 is 0. The van der Waals surface area contributed by atoms with E-state index in [-0.39, 0.29) is 36.8 Å². The van der Waals surface area contributed by atoms with E-state index in [1.807, 2.05) is 18.2 Å². The molecule has 140 valence electrons. The quantitative estimate of drug-likeness (QED) is 0.783. The van der Waals surface area contributed by atoms with Crippen LogP contribution < -0.4 is 5.73 Å². The highest BCUT2D eigenvalue weighted by Gasteiger charge is 2.17. The highest BCUT2D eigenvalue weighted by atomic mass is 35.5. The average molecular weight is 389 g/mol. The summed E-state index contributed by atoms with van der Waals surface area (Å²) in [7, 11) is 1.76. The Morgan fingerprint density at radius 1 is 1.32 bits per heavy atom. The van der Waals surface area contributed by atoms with Crippen molar-refractivity contribution in [3.63, 3.8) is 0 Å². The van der Waals surface area contributed by atoms with Crippen LogP contribution in [0.25, 0.3) is 0 Å². The molecule has 25 heavy (non-hydrogen) atoms. The van der Waals surface area contributed by atoms with E-state index >= 15 is 0 Å². The number of carbonyl (C=O) groups excluding carboxylic acids is 1. The molecule has 1 amide bonds. The summed E-state index contributed by atoms with van der Waals surface area (Å²) in [5, 5.41) is 7.95. The lowest BCUT2D eigenvalue weighted by Gasteiger charge is -2.20. The van der Waals surface area contributed by atoms with Gasteiger partial charge >= 0.3 is 0 Å². The molecule has 2 N–H and O–H groups in total. The van der Waals surface area contributed by atoms with Crippen LogP contribution in [0.4, 0.5) is 0 Å². The fourth-order valence-corrected chi connectivity index (χ4v) is 2.10.